The molecule has 4 aromatic rings. The van der Waals surface area contributed by atoms with Gasteiger partial charge in [0, 0.05) is 25.0 Å². The van der Waals surface area contributed by atoms with Crippen LogP contribution in [0.1, 0.15) is 31.2 Å². The fourth-order valence-electron chi connectivity index (χ4n) is 3.85. The standard InChI is InChI=1S/C22H18N4O4S/c1-12-17-20(23-11-25(2)22(17)29)31-18(12)19(27)24-15-3-4-16-13(9-15)5-7-26(16)21(28)14-6-8-30-10-14/h3-4,6,8-11H,5,7H2,1-2H3,(H,24,27). The van der Waals surface area contributed by atoms with Gasteiger partial charge in [-0.2, -0.15) is 0 Å². The highest BCUT2D eigenvalue weighted by Crippen LogP contribution is 2.33. The minimum atomic E-state index is -0.285. The van der Waals surface area contributed by atoms with Crippen LogP contribution in [0.5, 0.6) is 0 Å². The molecule has 1 aromatic carbocycles. The number of carbonyl (C=O) groups excluding carboxylic acids is 2. The van der Waals surface area contributed by atoms with Crippen LogP contribution >= 0.6 is 11.3 Å². The summed E-state index contributed by atoms with van der Waals surface area (Å²) in [4.78, 5) is 45.0. The van der Waals surface area contributed by atoms with E-state index in [1.807, 2.05) is 12.1 Å². The number of hydrogen-bond donors (Lipinski definition) is 1. The molecule has 0 bridgehead atoms. The Balaban J connectivity index is 1.41. The number of furan rings is 1. The van der Waals surface area contributed by atoms with Gasteiger partial charge in [0.15, 0.2) is 0 Å². The summed E-state index contributed by atoms with van der Waals surface area (Å²) in [6, 6.07) is 7.14. The van der Waals surface area contributed by atoms with Crippen molar-refractivity contribution in [3.8, 4) is 0 Å². The van der Waals surface area contributed by atoms with Crippen LogP contribution in [0.25, 0.3) is 10.2 Å². The van der Waals surface area contributed by atoms with Crippen molar-refractivity contribution < 1.29 is 14.0 Å². The van der Waals surface area contributed by atoms with Gasteiger partial charge in [0.25, 0.3) is 17.4 Å². The number of hydrogen-bond acceptors (Lipinski definition) is 6. The summed E-state index contributed by atoms with van der Waals surface area (Å²) < 4.78 is 6.42. The second-order valence-electron chi connectivity index (χ2n) is 7.41. The van der Waals surface area contributed by atoms with Crippen molar-refractivity contribution in [2.24, 2.45) is 7.05 Å². The zero-order valence-electron chi connectivity index (χ0n) is 16.8. The maximum atomic E-state index is 12.9. The molecular formula is C22H18N4O4S. The van der Waals surface area contributed by atoms with Gasteiger partial charge in [0.05, 0.1) is 28.4 Å². The highest BCUT2D eigenvalue weighted by atomic mass is 32.1. The minimum absolute atomic E-state index is 0.112. The summed E-state index contributed by atoms with van der Waals surface area (Å²) in [6.45, 7) is 2.33. The third-order valence-electron chi connectivity index (χ3n) is 5.46. The monoisotopic (exact) mass is 434 g/mol. The third-order valence-corrected chi connectivity index (χ3v) is 6.66. The van der Waals surface area contributed by atoms with Gasteiger partial charge in [-0.25, -0.2) is 4.98 Å². The summed E-state index contributed by atoms with van der Waals surface area (Å²) in [5.74, 6) is -0.397. The molecule has 156 valence electrons. The normalized spacial score (nSPS) is 12.9. The van der Waals surface area contributed by atoms with Crippen LogP contribution in [0, 0.1) is 6.92 Å². The van der Waals surface area contributed by atoms with E-state index in [1.54, 1.807) is 31.0 Å². The summed E-state index contributed by atoms with van der Waals surface area (Å²) in [7, 11) is 1.64. The summed E-state index contributed by atoms with van der Waals surface area (Å²) in [5.41, 5.74) is 3.42. The average molecular weight is 434 g/mol. The highest BCUT2D eigenvalue weighted by molar-refractivity contribution is 7.20. The number of anilines is 2. The van der Waals surface area contributed by atoms with Crippen LogP contribution in [0.3, 0.4) is 0 Å². The van der Waals surface area contributed by atoms with Crippen molar-refractivity contribution in [3.63, 3.8) is 0 Å². The molecule has 0 radical (unpaired) electrons. The molecule has 2 amide bonds. The number of fused-ring (bicyclic) bond motifs is 2. The van der Waals surface area contributed by atoms with Crippen molar-refractivity contribution in [2.75, 3.05) is 16.8 Å². The molecule has 4 heterocycles. The summed E-state index contributed by atoms with van der Waals surface area (Å²) in [5, 5.41) is 3.39. The summed E-state index contributed by atoms with van der Waals surface area (Å²) >= 11 is 1.20. The van der Waals surface area contributed by atoms with Gasteiger partial charge in [-0.15, -0.1) is 11.3 Å². The van der Waals surface area contributed by atoms with Gasteiger partial charge >= 0.3 is 0 Å². The first kappa shape index (κ1) is 19.3. The molecule has 8 nitrogen and oxygen atoms in total. The maximum absolute atomic E-state index is 12.9. The van der Waals surface area contributed by atoms with E-state index < -0.39 is 0 Å². The van der Waals surface area contributed by atoms with Crippen LogP contribution in [0.15, 0.2) is 52.3 Å². The van der Waals surface area contributed by atoms with E-state index in [2.05, 4.69) is 10.3 Å². The van der Waals surface area contributed by atoms with Crippen molar-refractivity contribution in [1.82, 2.24) is 9.55 Å². The third kappa shape index (κ3) is 3.14. The summed E-state index contributed by atoms with van der Waals surface area (Å²) in [6.07, 6.45) is 5.07. The fourth-order valence-corrected chi connectivity index (χ4v) is 4.88. The van der Waals surface area contributed by atoms with Gasteiger partial charge < -0.3 is 19.2 Å². The molecule has 0 fully saturated rings. The number of nitrogens with one attached hydrogen (secondary N) is 1. The first-order valence-corrected chi connectivity index (χ1v) is 10.5. The number of benzene rings is 1. The number of rotatable bonds is 3. The minimum Gasteiger partial charge on any atom is -0.472 e. The Morgan fingerprint density at radius 2 is 2.10 bits per heavy atom. The van der Waals surface area contributed by atoms with Gasteiger partial charge in [-0.05, 0) is 48.7 Å². The van der Waals surface area contributed by atoms with Gasteiger partial charge in [0.1, 0.15) is 11.1 Å². The molecule has 0 aliphatic carbocycles. The van der Waals surface area contributed by atoms with E-state index in [4.69, 9.17) is 4.42 Å². The molecule has 0 spiro atoms. The largest absolute Gasteiger partial charge is 0.472 e. The maximum Gasteiger partial charge on any atom is 0.266 e. The van der Waals surface area contributed by atoms with E-state index >= 15 is 0 Å². The van der Waals surface area contributed by atoms with E-state index in [1.165, 1.54) is 34.8 Å². The Morgan fingerprint density at radius 3 is 2.87 bits per heavy atom. The van der Waals surface area contributed by atoms with E-state index in [0.29, 0.717) is 44.9 Å². The second kappa shape index (κ2) is 7.21. The Morgan fingerprint density at radius 1 is 1.26 bits per heavy atom. The van der Waals surface area contributed by atoms with Crippen molar-refractivity contribution in [1.29, 1.82) is 0 Å². The zero-order chi connectivity index (χ0) is 21.7. The average Bonchev–Trinajstić information content (AvgIpc) is 3.49. The molecule has 31 heavy (non-hydrogen) atoms. The topological polar surface area (TPSA) is 97.4 Å². The van der Waals surface area contributed by atoms with Gasteiger partial charge in [-0.1, -0.05) is 0 Å². The van der Waals surface area contributed by atoms with Crippen LogP contribution in [-0.2, 0) is 13.5 Å². The first-order chi connectivity index (χ1) is 14.9. The predicted molar refractivity (Wildman–Crippen MR) is 118 cm³/mol. The molecule has 1 aliphatic heterocycles. The number of nitrogens with zero attached hydrogens (tertiary/aromatic N) is 3. The number of carbonyl (C=O) groups is 2. The smallest absolute Gasteiger partial charge is 0.266 e. The van der Waals surface area contributed by atoms with Gasteiger partial charge in [0.2, 0.25) is 0 Å². The first-order valence-electron chi connectivity index (χ1n) is 9.67. The van der Waals surface area contributed by atoms with Crippen LogP contribution in [0.2, 0.25) is 0 Å². The number of aromatic nitrogens is 2. The van der Waals surface area contributed by atoms with Crippen molar-refractivity contribution >= 4 is 44.7 Å². The molecule has 0 saturated carbocycles. The van der Waals surface area contributed by atoms with Crippen LogP contribution < -0.4 is 15.8 Å². The lowest BCUT2D eigenvalue weighted by Gasteiger charge is -2.16. The Labute approximate surface area is 180 Å². The van der Waals surface area contributed by atoms with Crippen molar-refractivity contribution in [3.05, 3.63) is 75.0 Å². The molecule has 0 atom stereocenters. The van der Waals surface area contributed by atoms with E-state index in [9.17, 15) is 14.4 Å². The molecule has 9 heteroatoms. The zero-order valence-corrected chi connectivity index (χ0v) is 17.7. The highest BCUT2D eigenvalue weighted by Gasteiger charge is 2.27. The van der Waals surface area contributed by atoms with Crippen molar-refractivity contribution in [2.45, 2.75) is 13.3 Å². The van der Waals surface area contributed by atoms with Crippen LogP contribution in [-0.4, -0.2) is 27.9 Å². The molecule has 3 aromatic heterocycles. The lowest BCUT2D eigenvalue weighted by atomic mass is 10.1. The Kier molecular flexibility index (Phi) is 4.48. The quantitative estimate of drug-likeness (QED) is 0.533. The lowest BCUT2D eigenvalue weighted by molar-refractivity contribution is 0.0987. The number of amides is 2. The van der Waals surface area contributed by atoms with E-state index in [0.717, 1.165) is 11.3 Å². The Bertz CT molecular complexity index is 1400. The molecule has 0 saturated heterocycles. The molecule has 1 aliphatic rings. The number of aryl methyl sites for hydroxylation is 2. The second-order valence-corrected chi connectivity index (χ2v) is 8.41. The van der Waals surface area contributed by atoms with Gasteiger partial charge in [-0.3, -0.25) is 14.4 Å². The number of thiophene rings is 1. The molecule has 5 rings (SSSR count). The predicted octanol–water partition coefficient (Wildman–Crippen LogP) is 3.35. The van der Waals surface area contributed by atoms with E-state index in [-0.39, 0.29) is 17.4 Å². The molecular weight excluding hydrogens is 416 g/mol. The Hall–Kier alpha value is -3.72. The lowest BCUT2D eigenvalue weighted by Crippen LogP contribution is -2.28. The molecule has 0 unspecified atom stereocenters. The van der Waals surface area contributed by atoms with Crippen LogP contribution in [0.4, 0.5) is 11.4 Å². The fraction of sp³-hybridized carbons (Fsp3) is 0.182. The SMILES string of the molecule is Cc1c(C(=O)Nc2ccc3c(c2)CCN3C(=O)c2ccoc2)sc2ncn(C)c(=O)c12. The molecule has 1 N–H and O–H groups in total.